The first-order valence-electron chi connectivity index (χ1n) is 7.38. The quantitative estimate of drug-likeness (QED) is 0.894. The molecule has 106 valence electrons. The van der Waals surface area contributed by atoms with Crippen LogP contribution in [0.3, 0.4) is 0 Å². The Labute approximate surface area is 116 Å². The van der Waals surface area contributed by atoms with Gasteiger partial charge in [0.05, 0.1) is 12.7 Å². The number of rotatable bonds is 4. The van der Waals surface area contributed by atoms with Gasteiger partial charge in [0.1, 0.15) is 5.75 Å². The SMILES string of the molecule is COc1cccc(CC2(O)CCC(C(C)C)CC2)c1. The summed E-state index contributed by atoms with van der Waals surface area (Å²) < 4.78 is 5.24. The predicted molar refractivity (Wildman–Crippen MR) is 78.4 cm³/mol. The second kappa shape index (κ2) is 5.96. The maximum absolute atomic E-state index is 10.7. The van der Waals surface area contributed by atoms with E-state index in [4.69, 9.17) is 4.74 Å². The average Bonchev–Trinajstić information content (AvgIpc) is 2.39. The summed E-state index contributed by atoms with van der Waals surface area (Å²) in [7, 11) is 1.68. The Morgan fingerprint density at radius 1 is 1.32 bits per heavy atom. The van der Waals surface area contributed by atoms with Crippen LogP contribution in [0.15, 0.2) is 24.3 Å². The molecule has 1 aromatic rings. The van der Waals surface area contributed by atoms with Gasteiger partial charge in [-0.15, -0.1) is 0 Å². The largest absolute Gasteiger partial charge is 0.497 e. The second-order valence-electron chi connectivity index (χ2n) is 6.33. The lowest BCUT2D eigenvalue weighted by Gasteiger charge is -2.37. The molecule has 0 saturated heterocycles. The summed E-state index contributed by atoms with van der Waals surface area (Å²) in [6.45, 7) is 4.58. The van der Waals surface area contributed by atoms with Crippen molar-refractivity contribution in [1.29, 1.82) is 0 Å². The molecule has 0 atom stereocenters. The Morgan fingerprint density at radius 2 is 2.00 bits per heavy atom. The fraction of sp³-hybridized carbons (Fsp3) is 0.647. The van der Waals surface area contributed by atoms with Gasteiger partial charge >= 0.3 is 0 Å². The lowest BCUT2D eigenvalue weighted by atomic mass is 9.72. The molecule has 1 fully saturated rings. The van der Waals surface area contributed by atoms with Crippen molar-refractivity contribution in [2.24, 2.45) is 11.8 Å². The number of aliphatic hydroxyl groups is 1. The van der Waals surface area contributed by atoms with Crippen molar-refractivity contribution in [2.45, 2.75) is 51.6 Å². The molecule has 0 amide bonds. The molecule has 1 aliphatic rings. The molecule has 1 N–H and O–H groups in total. The highest BCUT2D eigenvalue weighted by Gasteiger charge is 2.34. The maximum Gasteiger partial charge on any atom is 0.119 e. The topological polar surface area (TPSA) is 29.5 Å². The summed E-state index contributed by atoms with van der Waals surface area (Å²) in [5.74, 6) is 2.39. The van der Waals surface area contributed by atoms with Gasteiger partial charge in [0.25, 0.3) is 0 Å². The van der Waals surface area contributed by atoms with E-state index in [2.05, 4.69) is 19.9 Å². The standard InChI is InChI=1S/C17H26O2/c1-13(2)15-7-9-17(18,10-8-15)12-14-5-4-6-16(11-14)19-3/h4-6,11,13,15,18H,7-10,12H2,1-3H3. The van der Waals surface area contributed by atoms with Crippen LogP contribution in [0.1, 0.15) is 45.1 Å². The summed E-state index contributed by atoms with van der Waals surface area (Å²) in [4.78, 5) is 0. The summed E-state index contributed by atoms with van der Waals surface area (Å²) in [5.41, 5.74) is 0.655. The average molecular weight is 262 g/mol. The van der Waals surface area contributed by atoms with E-state index in [1.165, 1.54) is 5.56 Å². The molecule has 0 radical (unpaired) electrons. The molecular weight excluding hydrogens is 236 g/mol. The van der Waals surface area contributed by atoms with Gasteiger partial charge in [-0.25, -0.2) is 0 Å². The number of hydrogen-bond donors (Lipinski definition) is 1. The number of benzene rings is 1. The van der Waals surface area contributed by atoms with Crippen molar-refractivity contribution in [3.05, 3.63) is 29.8 Å². The lowest BCUT2D eigenvalue weighted by molar-refractivity contribution is -0.0146. The highest BCUT2D eigenvalue weighted by molar-refractivity contribution is 5.29. The van der Waals surface area contributed by atoms with Crippen LogP contribution in [0.5, 0.6) is 5.75 Å². The highest BCUT2D eigenvalue weighted by Crippen LogP contribution is 2.37. The van der Waals surface area contributed by atoms with E-state index in [1.807, 2.05) is 18.2 Å². The van der Waals surface area contributed by atoms with Crippen molar-refractivity contribution in [2.75, 3.05) is 7.11 Å². The molecule has 0 spiro atoms. The predicted octanol–water partition coefficient (Wildman–Crippen LogP) is 3.82. The molecule has 2 rings (SSSR count). The first-order chi connectivity index (χ1) is 9.02. The van der Waals surface area contributed by atoms with E-state index >= 15 is 0 Å². The molecule has 2 nitrogen and oxygen atoms in total. The van der Waals surface area contributed by atoms with Gasteiger partial charge in [-0.05, 0) is 55.2 Å². The third-order valence-electron chi connectivity index (χ3n) is 4.57. The van der Waals surface area contributed by atoms with E-state index in [0.717, 1.165) is 49.7 Å². The van der Waals surface area contributed by atoms with Crippen LogP contribution < -0.4 is 4.74 Å². The molecule has 0 aliphatic heterocycles. The van der Waals surface area contributed by atoms with E-state index in [-0.39, 0.29) is 0 Å². The molecule has 1 aromatic carbocycles. The van der Waals surface area contributed by atoms with Crippen LogP contribution in [0.25, 0.3) is 0 Å². The van der Waals surface area contributed by atoms with Gasteiger partial charge in [-0.1, -0.05) is 26.0 Å². The minimum Gasteiger partial charge on any atom is -0.497 e. The summed E-state index contributed by atoms with van der Waals surface area (Å²) >= 11 is 0. The molecule has 1 saturated carbocycles. The van der Waals surface area contributed by atoms with Crippen LogP contribution in [0, 0.1) is 11.8 Å². The van der Waals surface area contributed by atoms with Crippen LogP contribution in [-0.2, 0) is 6.42 Å². The van der Waals surface area contributed by atoms with E-state index in [1.54, 1.807) is 7.11 Å². The summed E-state index contributed by atoms with van der Waals surface area (Å²) in [5, 5.41) is 10.7. The van der Waals surface area contributed by atoms with Crippen LogP contribution >= 0.6 is 0 Å². The zero-order valence-corrected chi connectivity index (χ0v) is 12.4. The van der Waals surface area contributed by atoms with E-state index in [0.29, 0.717) is 0 Å². The normalized spacial score (nSPS) is 27.5. The van der Waals surface area contributed by atoms with Crippen molar-refractivity contribution >= 4 is 0 Å². The van der Waals surface area contributed by atoms with Gasteiger partial charge in [0.2, 0.25) is 0 Å². The molecule has 0 unspecified atom stereocenters. The molecule has 0 heterocycles. The Kier molecular flexibility index (Phi) is 4.51. The van der Waals surface area contributed by atoms with Gasteiger partial charge in [-0.3, -0.25) is 0 Å². The summed E-state index contributed by atoms with van der Waals surface area (Å²) in [6, 6.07) is 8.06. The second-order valence-corrected chi connectivity index (χ2v) is 6.33. The molecular formula is C17H26O2. The smallest absolute Gasteiger partial charge is 0.119 e. The monoisotopic (exact) mass is 262 g/mol. The highest BCUT2D eigenvalue weighted by atomic mass is 16.5. The Hall–Kier alpha value is -1.02. The first kappa shape index (κ1) is 14.4. The van der Waals surface area contributed by atoms with Crippen molar-refractivity contribution in [3.63, 3.8) is 0 Å². The van der Waals surface area contributed by atoms with Crippen LogP contribution in [0.2, 0.25) is 0 Å². The number of methoxy groups -OCH3 is 1. The minimum absolute atomic E-state index is 0.516. The first-order valence-corrected chi connectivity index (χ1v) is 7.38. The van der Waals surface area contributed by atoms with Gasteiger partial charge in [-0.2, -0.15) is 0 Å². The summed E-state index contributed by atoms with van der Waals surface area (Å²) in [6.07, 6.45) is 4.89. The fourth-order valence-electron chi connectivity index (χ4n) is 3.18. The third kappa shape index (κ3) is 3.73. The Morgan fingerprint density at radius 3 is 2.58 bits per heavy atom. The van der Waals surface area contributed by atoms with E-state index < -0.39 is 5.60 Å². The molecule has 0 bridgehead atoms. The van der Waals surface area contributed by atoms with Crippen LogP contribution in [0.4, 0.5) is 0 Å². The van der Waals surface area contributed by atoms with Crippen molar-refractivity contribution < 1.29 is 9.84 Å². The zero-order valence-electron chi connectivity index (χ0n) is 12.4. The van der Waals surface area contributed by atoms with Gasteiger partial charge in [0.15, 0.2) is 0 Å². The van der Waals surface area contributed by atoms with Crippen molar-refractivity contribution in [1.82, 2.24) is 0 Å². The molecule has 2 heteroatoms. The zero-order chi connectivity index (χ0) is 13.9. The number of hydrogen-bond acceptors (Lipinski definition) is 2. The maximum atomic E-state index is 10.7. The Bertz CT molecular complexity index is 403. The van der Waals surface area contributed by atoms with E-state index in [9.17, 15) is 5.11 Å². The Balaban J connectivity index is 1.98. The fourth-order valence-corrected chi connectivity index (χ4v) is 3.18. The third-order valence-corrected chi connectivity index (χ3v) is 4.57. The van der Waals surface area contributed by atoms with Gasteiger partial charge < -0.3 is 9.84 Å². The number of ether oxygens (including phenoxy) is 1. The van der Waals surface area contributed by atoms with Crippen LogP contribution in [-0.4, -0.2) is 17.8 Å². The molecule has 0 aromatic heterocycles. The van der Waals surface area contributed by atoms with Gasteiger partial charge in [0, 0.05) is 6.42 Å². The molecule has 19 heavy (non-hydrogen) atoms. The minimum atomic E-state index is -0.516. The molecule has 1 aliphatic carbocycles. The van der Waals surface area contributed by atoms with Crippen molar-refractivity contribution in [3.8, 4) is 5.75 Å². The lowest BCUT2D eigenvalue weighted by Crippen LogP contribution is -2.37.